The Balaban J connectivity index is 1.62. The molecule has 1 aliphatic rings. The van der Waals surface area contributed by atoms with Crippen LogP contribution in [-0.2, 0) is 12.8 Å². The summed E-state index contributed by atoms with van der Waals surface area (Å²) >= 11 is 0. The second kappa shape index (κ2) is 5.54. The van der Waals surface area contributed by atoms with Crippen molar-refractivity contribution < 1.29 is 9.53 Å². The lowest BCUT2D eigenvalue weighted by atomic mass is 9.84. The first-order valence-electron chi connectivity index (χ1n) is 7.88. The van der Waals surface area contributed by atoms with E-state index in [2.05, 4.69) is 9.97 Å². The van der Waals surface area contributed by atoms with Gasteiger partial charge in [-0.3, -0.25) is 4.79 Å². The van der Waals surface area contributed by atoms with Gasteiger partial charge in [0.1, 0.15) is 5.75 Å². The Kier molecular flexibility index (Phi) is 3.37. The highest BCUT2D eigenvalue weighted by Gasteiger charge is 2.27. The number of methoxy groups -OCH3 is 1. The summed E-state index contributed by atoms with van der Waals surface area (Å²) in [5, 5.41) is 2.15. The molecule has 2 aromatic carbocycles. The molecule has 1 heterocycles. The van der Waals surface area contributed by atoms with Gasteiger partial charge in [0.05, 0.1) is 19.1 Å². The van der Waals surface area contributed by atoms with Crippen LogP contribution in [0.3, 0.4) is 0 Å². The summed E-state index contributed by atoms with van der Waals surface area (Å²) in [4.78, 5) is 20.3. The van der Waals surface area contributed by atoms with Gasteiger partial charge in [-0.2, -0.15) is 0 Å². The topological polar surface area (TPSA) is 55.0 Å². The molecule has 0 saturated carbocycles. The Morgan fingerprint density at radius 1 is 1.22 bits per heavy atom. The van der Waals surface area contributed by atoms with Crippen molar-refractivity contribution in [3.05, 3.63) is 59.7 Å². The number of hydrogen-bond acceptors (Lipinski definition) is 3. The molecule has 0 bridgehead atoms. The van der Waals surface area contributed by atoms with E-state index in [1.165, 1.54) is 0 Å². The second-order valence-electron chi connectivity index (χ2n) is 6.06. The number of hydrogen-bond donors (Lipinski definition) is 1. The van der Waals surface area contributed by atoms with E-state index in [0.717, 1.165) is 52.7 Å². The number of ether oxygens (including phenoxy) is 1. The predicted molar refractivity (Wildman–Crippen MR) is 88.9 cm³/mol. The predicted octanol–water partition coefficient (Wildman–Crippen LogP) is 3.56. The number of nitrogens with one attached hydrogen (secondary N) is 1. The van der Waals surface area contributed by atoms with Crippen molar-refractivity contribution in [2.24, 2.45) is 5.92 Å². The molecule has 4 heteroatoms. The van der Waals surface area contributed by atoms with Crippen LogP contribution in [0.15, 0.2) is 42.7 Å². The summed E-state index contributed by atoms with van der Waals surface area (Å²) < 4.78 is 5.24. The molecule has 1 unspecified atom stereocenters. The summed E-state index contributed by atoms with van der Waals surface area (Å²) in [7, 11) is 1.66. The van der Waals surface area contributed by atoms with Crippen LogP contribution in [0.1, 0.15) is 28.2 Å². The van der Waals surface area contributed by atoms with E-state index in [-0.39, 0.29) is 11.7 Å². The average Bonchev–Trinajstić information content (AvgIpc) is 3.07. The SMILES string of the molecule is COc1ccc2cc(C(=O)C3CCc4nc[nH]c4C3)ccc2c1. The van der Waals surface area contributed by atoms with Crippen molar-refractivity contribution in [3.63, 3.8) is 0 Å². The minimum atomic E-state index is 0.0404. The van der Waals surface area contributed by atoms with Crippen LogP contribution < -0.4 is 4.74 Å². The monoisotopic (exact) mass is 306 g/mol. The molecule has 3 aromatic rings. The molecule has 1 N–H and O–H groups in total. The Hall–Kier alpha value is -2.62. The quantitative estimate of drug-likeness (QED) is 0.753. The maximum atomic E-state index is 12.8. The van der Waals surface area contributed by atoms with Crippen molar-refractivity contribution in [2.75, 3.05) is 7.11 Å². The number of fused-ring (bicyclic) bond motifs is 2. The maximum Gasteiger partial charge on any atom is 0.166 e. The Bertz CT molecular complexity index is 882. The smallest absolute Gasteiger partial charge is 0.166 e. The summed E-state index contributed by atoms with van der Waals surface area (Å²) in [5.74, 6) is 1.09. The second-order valence-corrected chi connectivity index (χ2v) is 6.06. The molecule has 0 spiro atoms. The zero-order valence-corrected chi connectivity index (χ0v) is 13.0. The van der Waals surface area contributed by atoms with Gasteiger partial charge in [-0.25, -0.2) is 4.98 Å². The van der Waals surface area contributed by atoms with Gasteiger partial charge in [0.25, 0.3) is 0 Å². The van der Waals surface area contributed by atoms with Gasteiger partial charge >= 0.3 is 0 Å². The van der Waals surface area contributed by atoms with Crippen LogP contribution in [0.5, 0.6) is 5.75 Å². The molecule has 116 valence electrons. The van der Waals surface area contributed by atoms with Gasteiger partial charge in [-0.05, 0) is 48.2 Å². The number of nitrogens with zero attached hydrogens (tertiary/aromatic N) is 1. The number of aromatic nitrogens is 2. The van der Waals surface area contributed by atoms with Crippen LogP contribution in [0.4, 0.5) is 0 Å². The summed E-state index contributed by atoms with van der Waals surface area (Å²) in [6, 6.07) is 11.8. The third-order valence-electron chi connectivity index (χ3n) is 4.69. The molecular formula is C19H18N2O2. The number of carbonyl (C=O) groups excluding carboxylic acids is 1. The number of aromatic amines is 1. The number of imidazole rings is 1. The molecule has 1 aliphatic carbocycles. The van der Waals surface area contributed by atoms with Gasteiger partial charge in [0, 0.05) is 17.2 Å². The van der Waals surface area contributed by atoms with Crippen LogP contribution in [0.25, 0.3) is 10.8 Å². The number of ketones is 1. The van der Waals surface area contributed by atoms with Crippen molar-refractivity contribution in [3.8, 4) is 5.75 Å². The minimum absolute atomic E-state index is 0.0404. The van der Waals surface area contributed by atoms with E-state index < -0.39 is 0 Å². The van der Waals surface area contributed by atoms with Gasteiger partial charge in [-0.1, -0.05) is 18.2 Å². The van der Waals surface area contributed by atoms with Crippen molar-refractivity contribution >= 4 is 16.6 Å². The highest BCUT2D eigenvalue weighted by Crippen LogP contribution is 2.28. The van der Waals surface area contributed by atoms with Crippen LogP contribution in [0.2, 0.25) is 0 Å². The normalized spacial score (nSPS) is 17.0. The first-order chi connectivity index (χ1) is 11.2. The lowest BCUT2D eigenvalue weighted by molar-refractivity contribution is 0.0908. The van der Waals surface area contributed by atoms with E-state index in [0.29, 0.717) is 0 Å². The summed E-state index contributed by atoms with van der Waals surface area (Å²) in [5.41, 5.74) is 3.01. The summed E-state index contributed by atoms with van der Waals surface area (Å²) in [6.45, 7) is 0. The van der Waals surface area contributed by atoms with Crippen LogP contribution in [-0.4, -0.2) is 22.9 Å². The number of rotatable bonds is 3. The Morgan fingerprint density at radius 3 is 2.91 bits per heavy atom. The fourth-order valence-corrected chi connectivity index (χ4v) is 3.36. The first-order valence-corrected chi connectivity index (χ1v) is 7.88. The van der Waals surface area contributed by atoms with Gasteiger partial charge in [0.2, 0.25) is 0 Å². The Labute approximate surface area is 134 Å². The molecule has 1 atom stereocenters. The zero-order chi connectivity index (χ0) is 15.8. The van der Waals surface area contributed by atoms with E-state index in [1.54, 1.807) is 13.4 Å². The molecule has 1 aromatic heterocycles. The number of benzene rings is 2. The molecule has 4 rings (SSSR count). The molecule has 0 fully saturated rings. The number of Topliss-reactive ketones (excluding diaryl/α,β-unsaturated/α-hetero) is 1. The van der Waals surface area contributed by atoms with Crippen molar-refractivity contribution in [1.29, 1.82) is 0 Å². The number of carbonyl (C=O) groups is 1. The molecule has 0 saturated heterocycles. The largest absolute Gasteiger partial charge is 0.497 e. The van der Waals surface area contributed by atoms with E-state index in [1.807, 2.05) is 36.4 Å². The molecule has 0 aliphatic heterocycles. The third-order valence-corrected chi connectivity index (χ3v) is 4.69. The highest BCUT2D eigenvalue weighted by atomic mass is 16.5. The van der Waals surface area contributed by atoms with Crippen molar-refractivity contribution in [2.45, 2.75) is 19.3 Å². The average molecular weight is 306 g/mol. The van der Waals surface area contributed by atoms with E-state index >= 15 is 0 Å². The minimum Gasteiger partial charge on any atom is -0.497 e. The van der Waals surface area contributed by atoms with Gasteiger partial charge in [0.15, 0.2) is 5.78 Å². The Morgan fingerprint density at radius 2 is 2.04 bits per heavy atom. The zero-order valence-electron chi connectivity index (χ0n) is 13.0. The standard InChI is InChI=1S/C19H18N2O2/c1-23-16-6-4-12-8-14(3-2-13(12)9-16)19(22)15-5-7-17-18(10-15)21-11-20-17/h2-4,6,8-9,11,15H,5,7,10H2,1H3,(H,20,21). The van der Waals surface area contributed by atoms with E-state index in [9.17, 15) is 4.79 Å². The molecule has 0 amide bonds. The maximum absolute atomic E-state index is 12.8. The highest BCUT2D eigenvalue weighted by molar-refractivity contribution is 6.01. The number of aryl methyl sites for hydroxylation is 1. The lowest BCUT2D eigenvalue weighted by Crippen LogP contribution is -2.22. The first kappa shape index (κ1) is 14.0. The fourth-order valence-electron chi connectivity index (χ4n) is 3.36. The number of H-pyrrole nitrogens is 1. The third kappa shape index (κ3) is 2.50. The molecule has 23 heavy (non-hydrogen) atoms. The van der Waals surface area contributed by atoms with Crippen molar-refractivity contribution in [1.82, 2.24) is 9.97 Å². The van der Waals surface area contributed by atoms with Gasteiger partial charge in [-0.15, -0.1) is 0 Å². The molecule has 0 radical (unpaired) electrons. The summed E-state index contributed by atoms with van der Waals surface area (Å²) in [6.07, 6.45) is 4.23. The molecule has 4 nitrogen and oxygen atoms in total. The molecular weight excluding hydrogens is 288 g/mol. The van der Waals surface area contributed by atoms with Crippen LogP contribution >= 0.6 is 0 Å². The lowest BCUT2D eigenvalue weighted by Gasteiger charge is -2.20. The fraction of sp³-hybridized carbons (Fsp3) is 0.263. The van der Waals surface area contributed by atoms with Gasteiger partial charge < -0.3 is 9.72 Å². The van der Waals surface area contributed by atoms with Crippen LogP contribution in [0, 0.1) is 5.92 Å². The van der Waals surface area contributed by atoms with E-state index in [4.69, 9.17) is 4.74 Å².